The molecular formula is C16H22N4O. The maximum atomic E-state index is 11.8. The van der Waals surface area contributed by atoms with Gasteiger partial charge in [-0.3, -0.25) is 9.78 Å². The van der Waals surface area contributed by atoms with Crippen molar-refractivity contribution in [3.8, 4) is 0 Å². The van der Waals surface area contributed by atoms with Crippen LogP contribution in [0.25, 0.3) is 10.9 Å². The van der Waals surface area contributed by atoms with Crippen LogP contribution in [0.3, 0.4) is 0 Å². The second kappa shape index (κ2) is 5.99. The maximum Gasteiger partial charge on any atom is 0.222 e. The van der Waals surface area contributed by atoms with E-state index in [1.165, 1.54) is 0 Å². The van der Waals surface area contributed by atoms with Crippen LogP contribution in [0, 0.1) is 0 Å². The zero-order valence-corrected chi connectivity index (χ0v) is 12.7. The molecule has 0 unspecified atom stereocenters. The van der Waals surface area contributed by atoms with Gasteiger partial charge in [-0.1, -0.05) is 0 Å². The Morgan fingerprint density at radius 2 is 2.05 bits per heavy atom. The number of nitrogen functional groups attached to an aromatic ring is 1. The molecule has 0 aliphatic rings. The molecule has 2 rings (SSSR count). The van der Waals surface area contributed by atoms with Gasteiger partial charge in [0.1, 0.15) is 0 Å². The number of nitrogens with two attached hydrogens (primary N) is 1. The Morgan fingerprint density at radius 3 is 2.76 bits per heavy atom. The summed E-state index contributed by atoms with van der Waals surface area (Å²) in [6.07, 6.45) is 2.16. The van der Waals surface area contributed by atoms with Gasteiger partial charge in [0.05, 0.1) is 5.52 Å². The minimum absolute atomic E-state index is 0.0395. The molecule has 0 spiro atoms. The summed E-state index contributed by atoms with van der Waals surface area (Å²) in [4.78, 5) is 16.1. The van der Waals surface area contributed by atoms with Gasteiger partial charge in [-0.15, -0.1) is 0 Å². The third kappa shape index (κ3) is 4.34. The summed E-state index contributed by atoms with van der Waals surface area (Å²) in [5.41, 5.74) is 8.06. The molecule has 1 heterocycles. The van der Waals surface area contributed by atoms with Gasteiger partial charge in [0, 0.05) is 41.5 Å². The van der Waals surface area contributed by atoms with Gasteiger partial charge >= 0.3 is 0 Å². The average Bonchev–Trinajstić information content (AvgIpc) is 2.36. The highest BCUT2D eigenvalue weighted by molar-refractivity contribution is 5.92. The van der Waals surface area contributed by atoms with E-state index in [4.69, 9.17) is 5.73 Å². The standard InChI is InChI=1S/C16H22N4O/c1-16(2,3)20-15(21)7-9-18-13-6-8-19-14-10-11(17)4-5-12(13)14/h4-6,8,10H,7,9,17H2,1-3H3,(H,18,19)(H,20,21). The minimum Gasteiger partial charge on any atom is -0.399 e. The molecule has 0 atom stereocenters. The predicted octanol–water partition coefficient (Wildman–Crippen LogP) is 2.53. The number of carbonyl (C=O) groups excluding carboxylic acids is 1. The lowest BCUT2D eigenvalue weighted by Gasteiger charge is -2.20. The molecule has 1 aromatic carbocycles. The highest BCUT2D eigenvalue weighted by atomic mass is 16.1. The molecule has 5 heteroatoms. The summed E-state index contributed by atoms with van der Waals surface area (Å²) in [5.74, 6) is 0.0395. The average molecular weight is 286 g/mol. The predicted molar refractivity (Wildman–Crippen MR) is 87.2 cm³/mol. The third-order valence-corrected chi connectivity index (χ3v) is 2.95. The Hall–Kier alpha value is -2.30. The maximum absolute atomic E-state index is 11.8. The Kier molecular flexibility index (Phi) is 4.31. The number of hydrogen-bond donors (Lipinski definition) is 3. The Morgan fingerprint density at radius 1 is 1.29 bits per heavy atom. The fourth-order valence-electron chi connectivity index (χ4n) is 2.11. The molecule has 0 aliphatic carbocycles. The molecule has 0 saturated heterocycles. The Bertz CT molecular complexity index is 646. The number of nitrogens with zero attached hydrogens (tertiary/aromatic N) is 1. The second-order valence-corrected chi connectivity index (χ2v) is 6.11. The molecule has 5 nitrogen and oxygen atoms in total. The lowest BCUT2D eigenvalue weighted by atomic mass is 10.1. The van der Waals surface area contributed by atoms with Crippen LogP contribution in [0.2, 0.25) is 0 Å². The summed E-state index contributed by atoms with van der Waals surface area (Å²) in [6.45, 7) is 6.49. The molecule has 0 aliphatic heterocycles. The number of carbonyl (C=O) groups is 1. The van der Waals surface area contributed by atoms with Crippen LogP contribution in [0.4, 0.5) is 11.4 Å². The van der Waals surface area contributed by atoms with Gasteiger partial charge in [0.25, 0.3) is 0 Å². The van der Waals surface area contributed by atoms with Crippen molar-refractivity contribution in [3.63, 3.8) is 0 Å². The first-order valence-corrected chi connectivity index (χ1v) is 7.04. The number of anilines is 2. The zero-order chi connectivity index (χ0) is 15.5. The van der Waals surface area contributed by atoms with Crippen molar-refractivity contribution in [2.45, 2.75) is 32.7 Å². The highest BCUT2D eigenvalue weighted by Crippen LogP contribution is 2.23. The van der Waals surface area contributed by atoms with E-state index in [1.807, 2.05) is 45.0 Å². The van der Waals surface area contributed by atoms with Gasteiger partial charge in [0.15, 0.2) is 0 Å². The first kappa shape index (κ1) is 15.1. The molecule has 4 N–H and O–H groups in total. The van der Waals surface area contributed by atoms with Crippen molar-refractivity contribution in [3.05, 3.63) is 30.5 Å². The van der Waals surface area contributed by atoms with Crippen LogP contribution in [-0.4, -0.2) is 23.0 Å². The van der Waals surface area contributed by atoms with Crippen LogP contribution in [0.5, 0.6) is 0 Å². The van der Waals surface area contributed by atoms with Crippen molar-refractivity contribution < 1.29 is 4.79 Å². The smallest absolute Gasteiger partial charge is 0.222 e. The molecule has 0 radical (unpaired) electrons. The van der Waals surface area contributed by atoms with Gasteiger partial charge in [-0.25, -0.2) is 0 Å². The molecule has 1 amide bonds. The molecule has 0 bridgehead atoms. The Balaban J connectivity index is 1.99. The number of fused-ring (bicyclic) bond motifs is 1. The number of benzene rings is 1. The molecule has 2 aromatic rings. The van der Waals surface area contributed by atoms with E-state index in [0.29, 0.717) is 18.7 Å². The summed E-state index contributed by atoms with van der Waals surface area (Å²) in [6, 6.07) is 7.53. The first-order chi connectivity index (χ1) is 9.85. The van der Waals surface area contributed by atoms with Gasteiger partial charge in [-0.2, -0.15) is 0 Å². The van der Waals surface area contributed by atoms with Gasteiger partial charge in [-0.05, 0) is 45.0 Å². The molecule has 21 heavy (non-hydrogen) atoms. The largest absolute Gasteiger partial charge is 0.399 e. The van der Waals surface area contributed by atoms with Crippen LogP contribution >= 0.6 is 0 Å². The molecule has 1 aromatic heterocycles. The van der Waals surface area contributed by atoms with E-state index in [-0.39, 0.29) is 11.4 Å². The normalized spacial score (nSPS) is 11.4. The van der Waals surface area contributed by atoms with Crippen molar-refractivity contribution in [2.75, 3.05) is 17.6 Å². The second-order valence-electron chi connectivity index (χ2n) is 6.11. The number of hydrogen-bond acceptors (Lipinski definition) is 4. The van der Waals surface area contributed by atoms with Crippen molar-refractivity contribution >= 4 is 28.2 Å². The zero-order valence-electron chi connectivity index (χ0n) is 12.7. The number of amides is 1. The van der Waals surface area contributed by atoms with Gasteiger partial charge < -0.3 is 16.4 Å². The summed E-state index contributed by atoms with van der Waals surface area (Å²) >= 11 is 0. The van der Waals surface area contributed by atoms with Crippen LogP contribution in [-0.2, 0) is 4.79 Å². The van der Waals surface area contributed by atoms with Crippen LogP contribution in [0.15, 0.2) is 30.5 Å². The van der Waals surface area contributed by atoms with E-state index in [2.05, 4.69) is 15.6 Å². The van der Waals surface area contributed by atoms with E-state index in [9.17, 15) is 4.79 Å². The fraction of sp³-hybridized carbons (Fsp3) is 0.375. The molecule has 112 valence electrons. The SMILES string of the molecule is CC(C)(C)NC(=O)CCNc1ccnc2cc(N)ccc12. The van der Waals surface area contributed by atoms with Crippen LogP contribution in [0.1, 0.15) is 27.2 Å². The fourth-order valence-corrected chi connectivity index (χ4v) is 2.11. The molecule has 0 saturated carbocycles. The highest BCUT2D eigenvalue weighted by Gasteiger charge is 2.13. The van der Waals surface area contributed by atoms with E-state index >= 15 is 0 Å². The number of nitrogens with one attached hydrogen (secondary N) is 2. The number of pyridine rings is 1. The quantitative estimate of drug-likeness (QED) is 0.755. The first-order valence-electron chi connectivity index (χ1n) is 7.04. The summed E-state index contributed by atoms with van der Waals surface area (Å²) < 4.78 is 0. The topological polar surface area (TPSA) is 80.0 Å². The van der Waals surface area contributed by atoms with Crippen LogP contribution < -0.4 is 16.4 Å². The van der Waals surface area contributed by atoms with Crippen molar-refractivity contribution in [1.29, 1.82) is 0 Å². The summed E-state index contributed by atoms with van der Waals surface area (Å²) in [7, 11) is 0. The van der Waals surface area contributed by atoms with E-state index in [0.717, 1.165) is 16.6 Å². The monoisotopic (exact) mass is 286 g/mol. The number of aromatic nitrogens is 1. The lowest BCUT2D eigenvalue weighted by molar-refractivity contribution is -0.122. The van der Waals surface area contributed by atoms with Gasteiger partial charge in [0.2, 0.25) is 5.91 Å². The van der Waals surface area contributed by atoms with E-state index in [1.54, 1.807) is 6.20 Å². The van der Waals surface area contributed by atoms with Crippen molar-refractivity contribution in [1.82, 2.24) is 10.3 Å². The molecular weight excluding hydrogens is 264 g/mol. The Labute approximate surface area is 124 Å². The third-order valence-electron chi connectivity index (χ3n) is 2.95. The lowest BCUT2D eigenvalue weighted by Crippen LogP contribution is -2.41. The molecule has 0 fully saturated rings. The van der Waals surface area contributed by atoms with E-state index < -0.39 is 0 Å². The number of rotatable bonds is 4. The minimum atomic E-state index is -0.196. The summed E-state index contributed by atoms with van der Waals surface area (Å²) in [5, 5.41) is 7.23. The van der Waals surface area contributed by atoms with Crippen molar-refractivity contribution in [2.24, 2.45) is 0 Å².